The predicted octanol–water partition coefficient (Wildman–Crippen LogP) is 3.46. The number of anilines is 1. The smallest absolute Gasteiger partial charge is 0.255 e. The van der Waals surface area contributed by atoms with Crippen LogP contribution in [0.1, 0.15) is 15.9 Å². The van der Waals surface area contributed by atoms with E-state index in [1.54, 1.807) is 42.5 Å². The van der Waals surface area contributed by atoms with Crippen LogP contribution in [0.15, 0.2) is 48.5 Å². The number of hydrogen-bond donors (Lipinski definition) is 1. The number of carbonyl (C=O) groups excluding carboxylic acids is 1. The number of carbonyl (C=O) groups is 1. The second kappa shape index (κ2) is 5.35. The van der Waals surface area contributed by atoms with Crippen LogP contribution in [-0.2, 0) is 0 Å². The molecule has 0 bridgehead atoms. The van der Waals surface area contributed by atoms with Crippen LogP contribution >= 0.6 is 11.6 Å². The minimum absolute atomic E-state index is 0.257. The number of halogens is 1. The van der Waals surface area contributed by atoms with Gasteiger partial charge >= 0.3 is 0 Å². The van der Waals surface area contributed by atoms with E-state index in [9.17, 15) is 4.79 Å². The van der Waals surface area contributed by atoms with Crippen molar-refractivity contribution < 1.29 is 4.79 Å². The third kappa shape index (κ3) is 2.68. The molecule has 0 saturated carbocycles. The predicted molar refractivity (Wildman–Crippen MR) is 70.6 cm³/mol. The Hall–Kier alpha value is -2.31. The molecule has 0 aromatic heterocycles. The molecule has 0 radical (unpaired) electrons. The zero-order valence-electron chi connectivity index (χ0n) is 9.35. The highest BCUT2D eigenvalue weighted by Gasteiger charge is 2.08. The molecule has 2 aromatic rings. The second-order valence-electron chi connectivity index (χ2n) is 3.63. The van der Waals surface area contributed by atoms with Gasteiger partial charge in [0.05, 0.1) is 22.3 Å². The van der Waals surface area contributed by atoms with Crippen LogP contribution in [0.3, 0.4) is 0 Å². The topological polar surface area (TPSA) is 52.9 Å². The van der Waals surface area contributed by atoms with Crippen molar-refractivity contribution in [1.82, 2.24) is 0 Å². The fraction of sp³-hybridized carbons (Fsp3) is 0. The van der Waals surface area contributed by atoms with Gasteiger partial charge in [-0.05, 0) is 30.3 Å². The number of nitrogens with one attached hydrogen (secondary N) is 1. The van der Waals surface area contributed by atoms with Gasteiger partial charge in [0.15, 0.2) is 0 Å². The average molecular weight is 257 g/mol. The monoisotopic (exact) mass is 256 g/mol. The standard InChI is InChI=1S/C14H9ClN2O/c15-12-7-6-10(9-16)8-13(12)17-14(18)11-4-2-1-3-5-11/h1-8H,(H,17,18). The van der Waals surface area contributed by atoms with Gasteiger partial charge in [0.25, 0.3) is 5.91 Å². The molecule has 0 spiro atoms. The first kappa shape index (κ1) is 12.2. The third-order valence-corrected chi connectivity index (χ3v) is 2.71. The first-order valence-electron chi connectivity index (χ1n) is 5.27. The Morgan fingerprint density at radius 3 is 2.56 bits per heavy atom. The van der Waals surface area contributed by atoms with Crippen molar-refractivity contribution in [3.63, 3.8) is 0 Å². The Balaban J connectivity index is 2.25. The Bertz CT molecular complexity index is 617. The highest BCUT2D eigenvalue weighted by Crippen LogP contribution is 2.23. The molecule has 18 heavy (non-hydrogen) atoms. The third-order valence-electron chi connectivity index (χ3n) is 2.38. The summed E-state index contributed by atoms with van der Waals surface area (Å²) in [5.41, 5.74) is 1.42. The van der Waals surface area contributed by atoms with E-state index >= 15 is 0 Å². The average Bonchev–Trinajstić information content (AvgIpc) is 2.42. The fourth-order valence-corrected chi connectivity index (χ4v) is 1.64. The van der Waals surface area contributed by atoms with Gasteiger partial charge in [0.2, 0.25) is 0 Å². The van der Waals surface area contributed by atoms with Crippen molar-refractivity contribution in [2.75, 3.05) is 5.32 Å². The summed E-state index contributed by atoms with van der Waals surface area (Å²) in [6.07, 6.45) is 0. The molecule has 1 amide bonds. The number of nitriles is 1. The molecule has 3 nitrogen and oxygen atoms in total. The van der Waals surface area contributed by atoms with Gasteiger partial charge in [-0.15, -0.1) is 0 Å². The van der Waals surface area contributed by atoms with Crippen LogP contribution in [0.5, 0.6) is 0 Å². The van der Waals surface area contributed by atoms with Crippen molar-refractivity contribution >= 4 is 23.2 Å². The molecule has 2 aromatic carbocycles. The lowest BCUT2D eigenvalue weighted by Crippen LogP contribution is -2.12. The highest BCUT2D eigenvalue weighted by molar-refractivity contribution is 6.34. The van der Waals surface area contributed by atoms with Crippen LogP contribution < -0.4 is 5.32 Å². The largest absolute Gasteiger partial charge is 0.321 e. The van der Waals surface area contributed by atoms with E-state index in [0.29, 0.717) is 21.8 Å². The number of nitrogens with zero attached hydrogens (tertiary/aromatic N) is 1. The van der Waals surface area contributed by atoms with Crippen LogP contribution in [0.2, 0.25) is 5.02 Å². The van der Waals surface area contributed by atoms with Crippen molar-refractivity contribution in [2.45, 2.75) is 0 Å². The maximum atomic E-state index is 11.9. The van der Waals surface area contributed by atoms with E-state index in [1.807, 2.05) is 12.1 Å². The second-order valence-corrected chi connectivity index (χ2v) is 4.03. The number of hydrogen-bond acceptors (Lipinski definition) is 2. The maximum Gasteiger partial charge on any atom is 0.255 e. The molecule has 1 N–H and O–H groups in total. The molecular weight excluding hydrogens is 248 g/mol. The zero-order valence-corrected chi connectivity index (χ0v) is 10.1. The van der Waals surface area contributed by atoms with E-state index in [1.165, 1.54) is 0 Å². The quantitative estimate of drug-likeness (QED) is 0.895. The van der Waals surface area contributed by atoms with Gasteiger partial charge in [0.1, 0.15) is 0 Å². The van der Waals surface area contributed by atoms with Gasteiger partial charge in [-0.25, -0.2) is 0 Å². The summed E-state index contributed by atoms with van der Waals surface area (Å²) >= 11 is 5.96. The number of rotatable bonds is 2. The summed E-state index contributed by atoms with van der Waals surface area (Å²) in [6.45, 7) is 0. The van der Waals surface area contributed by atoms with E-state index < -0.39 is 0 Å². The molecule has 0 aliphatic heterocycles. The highest BCUT2D eigenvalue weighted by atomic mass is 35.5. The molecule has 0 saturated heterocycles. The van der Waals surface area contributed by atoms with E-state index in [4.69, 9.17) is 16.9 Å². The summed E-state index contributed by atoms with van der Waals surface area (Å²) in [4.78, 5) is 11.9. The molecule has 0 aliphatic rings. The first-order valence-corrected chi connectivity index (χ1v) is 5.64. The first-order chi connectivity index (χ1) is 8.70. The Morgan fingerprint density at radius 1 is 1.17 bits per heavy atom. The van der Waals surface area contributed by atoms with Gasteiger partial charge in [0, 0.05) is 5.56 Å². The summed E-state index contributed by atoms with van der Waals surface area (Å²) in [6, 6.07) is 15.5. The van der Waals surface area contributed by atoms with Gasteiger partial charge < -0.3 is 5.32 Å². The minimum atomic E-state index is -0.257. The molecule has 0 atom stereocenters. The van der Waals surface area contributed by atoms with Gasteiger partial charge in [-0.1, -0.05) is 29.8 Å². The molecule has 0 unspecified atom stereocenters. The minimum Gasteiger partial charge on any atom is -0.321 e. The number of amides is 1. The maximum absolute atomic E-state index is 11.9. The van der Waals surface area contributed by atoms with Crippen molar-refractivity contribution in [1.29, 1.82) is 5.26 Å². The lowest BCUT2D eigenvalue weighted by molar-refractivity contribution is 0.102. The van der Waals surface area contributed by atoms with Crippen LogP contribution in [0, 0.1) is 11.3 Å². The zero-order chi connectivity index (χ0) is 13.0. The molecule has 0 aliphatic carbocycles. The molecule has 88 valence electrons. The van der Waals surface area contributed by atoms with Gasteiger partial charge in [-0.2, -0.15) is 5.26 Å². The van der Waals surface area contributed by atoms with Crippen LogP contribution in [-0.4, -0.2) is 5.91 Å². The summed E-state index contributed by atoms with van der Waals surface area (Å²) in [7, 11) is 0. The molecule has 0 fully saturated rings. The van der Waals surface area contributed by atoms with Crippen molar-refractivity contribution in [2.24, 2.45) is 0 Å². The molecular formula is C14H9ClN2O. The van der Waals surface area contributed by atoms with Crippen molar-refractivity contribution in [3.8, 4) is 6.07 Å². The lowest BCUT2D eigenvalue weighted by Gasteiger charge is -2.07. The van der Waals surface area contributed by atoms with Crippen molar-refractivity contribution in [3.05, 3.63) is 64.7 Å². The van der Waals surface area contributed by atoms with E-state index in [2.05, 4.69) is 5.32 Å². The van der Waals surface area contributed by atoms with E-state index in [0.717, 1.165) is 0 Å². The fourth-order valence-electron chi connectivity index (χ4n) is 1.47. The van der Waals surface area contributed by atoms with Crippen LogP contribution in [0.25, 0.3) is 0 Å². The Kier molecular flexibility index (Phi) is 3.61. The number of benzene rings is 2. The summed E-state index contributed by atoms with van der Waals surface area (Å²) in [5.74, 6) is -0.257. The normalized spacial score (nSPS) is 9.56. The molecule has 4 heteroatoms. The summed E-state index contributed by atoms with van der Waals surface area (Å²) in [5, 5.41) is 11.9. The van der Waals surface area contributed by atoms with Gasteiger partial charge in [-0.3, -0.25) is 4.79 Å². The molecule has 0 heterocycles. The summed E-state index contributed by atoms with van der Waals surface area (Å²) < 4.78 is 0. The van der Waals surface area contributed by atoms with Crippen LogP contribution in [0.4, 0.5) is 5.69 Å². The molecule has 2 rings (SSSR count). The van der Waals surface area contributed by atoms with E-state index in [-0.39, 0.29) is 5.91 Å². The Morgan fingerprint density at radius 2 is 1.89 bits per heavy atom. The lowest BCUT2D eigenvalue weighted by atomic mass is 10.2. The SMILES string of the molecule is N#Cc1ccc(Cl)c(NC(=O)c2ccccc2)c1. The Labute approximate surface area is 110 Å².